The van der Waals surface area contributed by atoms with Crippen LogP contribution in [-0.4, -0.2) is 14.5 Å². The van der Waals surface area contributed by atoms with Crippen molar-refractivity contribution in [1.29, 1.82) is 0 Å². The summed E-state index contributed by atoms with van der Waals surface area (Å²) in [6.45, 7) is 13.5. The van der Waals surface area contributed by atoms with E-state index in [-0.39, 0.29) is 32.0 Å². The van der Waals surface area contributed by atoms with Crippen LogP contribution in [0.2, 0.25) is 0 Å². The van der Waals surface area contributed by atoms with Crippen molar-refractivity contribution in [1.82, 2.24) is 19.5 Å². The van der Waals surface area contributed by atoms with E-state index in [0.717, 1.165) is 66.6 Å². The van der Waals surface area contributed by atoms with Crippen LogP contribution >= 0.6 is 0 Å². The van der Waals surface area contributed by atoms with Gasteiger partial charge >= 0.3 is 21.1 Å². The first kappa shape index (κ1) is 31.1. The van der Waals surface area contributed by atoms with Gasteiger partial charge in [-0.2, -0.15) is 0 Å². The van der Waals surface area contributed by atoms with E-state index < -0.39 is 0 Å². The number of aromatic nitrogens is 4. The van der Waals surface area contributed by atoms with Crippen molar-refractivity contribution >= 4 is 43.7 Å². The maximum absolute atomic E-state index is 5.43. The van der Waals surface area contributed by atoms with Gasteiger partial charge in [-0.15, -0.1) is 40.9 Å². The fourth-order valence-corrected chi connectivity index (χ4v) is 6.78. The molecule has 4 nitrogen and oxygen atoms in total. The number of imidazole rings is 1. The molecular formula is C42H36N4Pt. The normalized spacial score (nSPS) is 12.3. The Morgan fingerprint density at radius 2 is 1.38 bits per heavy atom. The molecular weight excluding hydrogens is 756 g/mol. The minimum atomic E-state index is -0.230. The molecule has 0 saturated heterocycles. The van der Waals surface area contributed by atoms with E-state index >= 15 is 0 Å². The van der Waals surface area contributed by atoms with Crippen molar-refractivity contribution in [2.24, 2.45) is 0 Å². The maximum atomic E-state index is 5.43. The van der Waals surface area contributed by atoms with Gasteiger partial charge in [0, 0.05) is 22.8 Å². The van der Waals surface area contributed by atoms with Gasteiger partial charge in [-0.05, 0) is 65.6 Å². The van der Waals surface area contributed by atoms with E-state index in [0.29, 0.717) is 0 Å². The molecule has 5 heteroatoms. The number of rotatable bonds is 3. The van der Waals surface area contributed by atoms with Crippen molar-refractivity contribution < 1.29 is 21.1 Å². The third-order valence-electron chi connectivity index (χ3n) is 9.01. The van der Waals surface area contributed by atoms with Gasteiger partial charge in [-0.3, -0.25) is 9.97 Å². The molecule has 0 radical (unpaired) electrons. The predicted octanol–water partition coefficient (Wildman–Crippen LogP) is 10.7. The Morgan fingerprint density at radius 1 is 0.660 bits per heavy atom. The predicted molar refractivity (Wildman–Crippen MR) is 192 cm³/mol. The van der Waals surface area contributed by atoms with Crippen LogP contribution in [0.25, 0.3) is 77.4 Å². The van der Waals surface area contributed by atoms with E-state index in [2.05, 4.69) is 149 Å². The summed E-state index contributed by atoms with van der Waals surface area (Å²) < 4.78 is 2.36. The second kappa shape index (κ2) is 11.3. The van der Waals surface area contributed by atoms with Crippen LogP contribution in [-0.2, 0) is 32.0 Å². The molecule has 0 amide bonds. The summed E-state index contributed by atoms with van der Waals surface area (Å²) in [5.74, 6) is 0.897. The molecule has 0 saturated carbocycles. The van der Waals surface area contributed by atoms with Crippen LogP contribution in [0.3, 0.4) is 0 Å². The van der Waals surface area contributed by atoms with E-state index in [1.807, 2.05) is 12.3 Å². The molecule has 0 N–H and O–H groups in total. The Morgan fingerprint density at radius 3 is 2.19 bits per heavy atom. The van der Waals surface area contributed by atoms with Gasteiger partial charge in [0.25, 0.3) is 0 Å². The Bertz CT molecular complexity index is 2450. The maximum Gasteiger partial charge on any atom is 2.00 e. The third kappa shape index (κ3) is 5.20. The zero-order chi connectivity index (χ0) is 31.8. The van der Waals surface area contributed by atoms with Crippen LogP contribution in [0.1, 0.15) is 47.1 Å². The number of hydrogen-bond donors (Lipinski definition) is 0. The molecule has 0 unspecified atom stereocenters. The molecule has 3 heterocycles. The fourth-order valence-electron chi connectivity index (χ4n) is 6.78. The van der Waals surface area contributed by atoms with Crippen molar-refractivity contribution in [2.75, 3.05) is 0 Å². The van der Waals surface area contributed by atoms with E-state index in [1.54, 1.807) is 0 Å². The smallest absolute Gasteiger partial charge is 0.656 e. The Hall–Kier alpha value is -4.53. The van der Waals surface area contributed by atoms with E-state index in [4.69, 9.17) is 15.0 Å². The third-order valence-corrected chi connectivity index (χ3v) is 9.01. The van der Waals surface area contributed by atoms with Crippen molar-refractivity contribution in [3.63, 3.8) is 0 Å². The molecule has 0 spiro atoms. The van der Waals surface area contributed by atoms with E-state index in [1.165, 1.54) is 16.3 Å². The standard InChI is InChI=1S/C42H36N4.Pt/c1-41(2,3)29-24-27-15-12-22-43-37(27)34(25-29)26-13-9-14-28(23-26)40-45-39-33(19-11-21-36(39)46(40)42(4,5)6)32-18-10-17-31-30-16-7-8-20-35(30)44-38(31)32;/h7-22,24-25H,1-6H3;/q-2;+2. The summed E-state index contributed by atoms with van der Waals surface area (Å²) in [4.78, 5) is 15.3. The molecule has 234 valence electrons. The minimum Gasteiger partial charge on any atom is -0.656 e. The summed E-state index contributed by atoms with van der Waals surface area (Å²) >= 11 is 0. The number of nitrogens with zero attached hydrogens (tertiary/aromatic N) is 4. The number of fused-ring (bicyclic) bond motifs is 5. The van der Waals surface area contributed by atoms with E-state index in [9.17, 15) is 0 Å². The molecule has 3 aromatic heterocycles. The Balaban J connectivity index is 0.00000351. The molecule has 0 atom stereocenters. The Kier molecular flexibility index (Phi) is 7.48. The van der Waals surface area contributed by atoms with Gasteiger partial charge in [0.2, 0.25) is 0 Å². The van der Waals surface area contributed by atoms with Gasteiger partial charge in [0.1, 0.15) is 0 Å². The summed E-state index contributed by atoms with van der Waals surface area (Å²) in [5.41, 5.74) is 11.3. The number of hydrogen-bond acceptors (Lipinski definition) is 2. The SMILES string of the molecule is CC(C)(C)c1cc(-c2[c-]c(-c3nc4c(-c5cccc6c5[n-]c5ccccc56)cccc4n3C(C)(C)C)ccc2)c2ncccc2c1.[Pt+2]. The van der Waals surface area contributed by atoms with Crippen LogP contribution in [0, 0.1) is 6.07 Å². The molecule has 0 aliphatic heterocycles. The molecule has 0 aliphatic rings. The second-order valence-electron chi connectivity index (χ2n) is 14.3. The zero-order valence-electron chi connectivity index (χ0n) is 27.5. The van der Waals surface area contributed by atoms with Gasteiger partial charge in [0.15, 0.2) is 0 Å². The summed E-state index contributed by atoms with van der Waals surface area (Å²) in [5, 5.41) is 3.48. The quantitative estimate of drug-likeness (QED) is 0.167. The summed E-state index contributed by atoms with van der Waals surface area (Å²) in [6, 6.07) is 40.2. The topological polar surface area (TPSA) is 44.8 Å². The molecule has 47 heavy (non-hydrogen) atoms. The number of para-hydroxylation sites is 3. The first-order valence-corrected chi connectivity index (χ1v) is 16.0. The molecule has 0 aliphatic carbocycles. The van der Waals surface area contributed by atoms with Gasteiger partial charge in [-0.1, -0.05) is 105 Å². The van der Waals surface area contributed by atoms with Gasteiger partial charge in [0.05, 0.1) is 16.9 Å². The second-order valence-corrected chi connectivity index (χ2v) is 14.3. The molecule has 8 aromatic rings. The van der Waals surface area contributed by atoms with Crippen LogP contribution < -0.4 is 4.98 Å². The first-order valence-electron chi connectivity index (χ1n) is 16.0. The molecule has 0 bridgehead atoms. The minimum absolute atomic E-state index is 0. The van der Waals surface area contributed by atoms with Gasteiger partial charge in [-0.25, -0.2) is 0 Å². The largest absolute Gasteiger partial charge is 2.00 e. The van der Waals surface area contributed by atoms with Crippen molar-refractivity contribution in [3.05, 3.63) is 121 Å². The average molecular weight is 792 g/mol. The van der Waals surface area contributed by atoms with Crippen molar-refractivity contribution in [2.45, 2.75) is 52.5 Å². The first-order chi connectivity index (χ1) is 22.1. The monoisotopic (exact) mass is 791 g/mol. The number of pyridine rings is 1. The van der Waals surface area contributed by atoms with Crippen LogP contribution in [0.5, 0.6) is 0 Å². The average Bonchev–Trinajstić information content (AvgIpc) is 3.63. The Labute approximate surface area is 290 Å². The number of benzene rings is 5. The zero-order valence-corrected chi connectivity index (χ0v) is 29.8. The van der Waals surface area contributed by atoms with Crippen LogP contribution in [0.4, 0.5) is 0 Å². The van der Waals surface area contributed by atoms with Gasteiger partial charge < -0.3 is 9.55 Å². The molecule has 5 aromatic carbocycles. The van der Waals surface area contributed by atoms with Crippen molar-refractivity contribution in [3.8, 4) is 33.6 Å². The molecule has 0 fully saturated rings. The van der Waals surface area contributed by atoms with Crippen LogP contribution in [0.15, 0.2) is 109 Å². The summed E-state index contributed by atoms with van der Waals surface area (Å²) in [6.07, 6.45) is 1.87. The molecule has 8 rings (SSSR count). The fraction of sp³-hybridized carbons (Fsp3) is 0.190. The summed E-state index contributed by atoms with van der Waals surface area (Å²) in [7, 11) is 0.